The van der Waals surface area contributed by atoms with Crippen molar-refractivity contribution in [1.82, 2.24) is 0 Å². The van der Waals surface area contributed by atoms with Crippen molar-refractivity contribution < 1.29 is 38.2 Å². The number of benzene rings is 2. The molecular weight excluding hydrogens is 544 g/mol. The molecule has 0 fully saturated rings. The van der Waals surface area contributed by atoms with E-state index in [2.05, 4.69) is 4.99 Å². The van der Waals surface area contributed by atoms with Crippen LogP contribution >= 0.6 is 0 Å². The number of nitro benzene ring substituents is 1. The maximum absolute atomic E-state index is 13.3. The van der Waals surface area contributed by atoms with Crippen molar-refractivity contribution in [3.63, 3.8) is 0 Å². The summed E-state index contributed by atoms with van der Waals surface area (Å²) >= 11 is 0. The van der Waals surface area contributed by atoms with E-state index in [0.29, 0.717) is 29.3 Å². The minimum Gasteiger partial charge on any atom is -0.490 e. The van der Waals surface area contributed by atoms with Crippen LogP contribution in [0.3, 0.4) is 0 Å². The van der Waals surface area contributed by atoms with Crippen LogP contribution in [0.15, 0.2) is 64.8 Å². The van der Waals surface area contributed by atoms with E-state index in [1.165, 1.54) is 25.3 Å². The summed E-state index contributed by atoms with van der Waals surface area (Å²) in [6, 6.07) is 13.4. The second kappa shape index (κ2) is 15.8. The third kappa shape index (κ3) is 8.70. The SMILES string of the molecule is CCCOCOC(C)Cc1ccc(OCCOC(=O)C2=C(C)N=C(C)C(C(=O)OC)C2c2cccc([N+](=O)[O-])c2)cc1. The Kier molecular flexibility index (Phi) is 12.2. The predicted molar refractivity (Wildman–Crippen MR) is 155 cm³/mol. The van der Waals surface area contributed by atoms with E-state index < -0.39 is 28.7 Å². The number of esters is 2. The average Bonchev–Trinajstić information content (AvgIpc) is 2.97. The van der Waals surface area contributed by atoms with Gasteiger partial charge in [0.05, 0.1) is 23.7 Å². The number of non-ortho nitro benzene ring substituents is 1. The van der Waals surface area contributed by atoms with Gasteiger partial charge >= 0.3 is 11.9 Å². The predicted octanol–water partition coefficient (Wildman–Crippen LogP) is 5.17. The van der Waals surface area contributed by atoms with Gasteiger partial charge in [-0.15, -0.1) is 0 Å². The molecule has 3 atom stereocenters. The molecule has 0 saturated heterocycles. The highest BCUT2D eigenvalue weighted by Crippen LogP contribution is 2.40. The lowest BCUT2D eigenvalue weighted by molar-refractivity contribution is -0.384. The van der Waals surface area contributed by atoms with Gasteiger partial charge in [0.15, 0.2) is 0 Å². The summed E-state index contributed by atoms with van der Waals surface area (Å²) in [5.41, 5.74) is 2.26. The van der Waals surface area contributed by atoms with Crippen LogP contribution in [0.25, 0.3) is 0 Å². The van der Waals surface area contributed by atoms with E-state index in [9.17, 15) is 19.7 Å². The summed E-state index contributed by atoms with van der Waals surface area (Å²) in [5, 5.41) is 11.4. The fraction of sp³-hybridized carbons (Fsp3) is 0.452. The molecule has 3 unspecified atom stereocenters. The van der Waals surface area contributed by atoms with Crippen LogP contribution in [0.2, 0.25) is 0 Å². The van der Waals surface area contributed by atoms with Crippen LogP contribution in [-0.4, -0.2) is 62.4 Å². The first kappa shape index (κ1) is 32.4. The summed E-state index contributed by atoms with van der Waals surface area (Å²) in [7, 11) is 1.24. The molecule has 0 amide bonds. The fourth-order valence-electron chi connectivity index (χ4n) is 4.78. The number of carbonyl (C=O) groups excluding carboxylic acids is 2. The number of methoxy groups -OCH3 is 1. The van der Waals surface area contributed by atoms with Gasteiger partial charge in [-0.2, -0.15) is 0 Å². The first-order valence-electron chi connectivity index (χ1n) is 13.8. The summed E-state index contributed by atoms with van der Waals surface area (Å²) in [6.07, 6.45) is 1.67. The van der Waals surface area contributed by atoms with Gasteiger partial charge in [0.2, 0.25) is 0 Å². The lowest BCUT2D eigenvalue weighted by Crippen LogP contribution is -2.36. The Morgan fingerprint density at radius 3 is 2.48 bits per heavy atom. The molecule has 11 heteroatoms. The second-order valence-electron chi connectivity index (χ2n) is 9.92. The number of nitro groups is 1. The molecule has 0 spiro atoms. The molecule has 0 bridgehead atoms. The fourth-order valence-corrected chi connectivity index (χ4v) is 4.78. The number of rotatable bonds is 15. The number of allylic oxidation sites excluding steroid dienone is 1. The van der Waals surface area contributed by atoms with Crippen LogP contribution in [-0.2, 0) is 35.0 Å². The van der Waals surface area contributed by atoms with Crippen molar-refractivity contribution in [2.45, 2.75) is 52.6 Å². The molecule has 3 rings (SSSR count). The molecule has 11 nitrogen and oxygen atoms in total. The summed E-state index contributed by atoms with van der Waals surface area (Å²) in [5.74, 6) is -2.51. The van der Waals surface area contributed by atoms with Gasteiger partial charge in [0.25, 0.3) is 5.69 Å². The Morgan fingerprint density at radius 1 is 1.07 bits per heavy atom. The van der Waals surface area contributed by atoms with E-state index in [-0.39, 0.29) is 37.4 Å². The number of ether oxygens (including phenoxy) is 5. The second-order valence-corrected chi connectivity index (χ2v) is 9.92. The van der Waals surface area contributed by atoms with Crippen molar-refractivity contribution in [3.05, 3.63) is 81.0 Å². The first-order chi connectivity index (χ1) is 20.2. The van der Waals surface area contributed by atoms with Crippen molar-refractivity contribution in [2.24, 2.45) is 10.9 Å². The third-order valence-electron chi connectivity index (χ3n) is 6.76. The molecule has 2 aromatic rings. The zero-order chi connectivity index (χ0) is 30.6. The molecule has 42 heavy (non-hydrogen) atoms. The lowest BCUT2D eigenvalue weighted by atomic mass is 9.75. The summed E-state index contributed by atoms with van der Waals surface area (Å²) in [6.45, 7) is 8.30. The van der Waals surface area contributed by atoms with Crippen LogP contribution in [0.4, 0.5) is 5.69 Å². The number of carbonyl (C=O) groups is 2. The van der Waals surface area contributed by atoms with Crippen molar-refractivity contribution in [1.29, 1.82) is 0 Å². The Labute approximate surface area is 245 Å². The highest BCUT2D eigenvalue weighted by atomic mass is 16.7. The minimum absolute atomic E-state index is 0.00309. The van der Waals surface area contributed by atoms with Gasteiger partial charge in [0.1, 0.15) is 31.7 Å². The van der Waals surface area contributed by atoms with E-state index in [0.717, 1.165) is 18.4 Å². The van der Waals surface area contributed by atoms with E-state index in [1.54, 1.807) is 19.9 Å². The standard InChI is InChI=1S/C31H38N2O9/c1-6-14-39-19-42-20(2)17-23-10-12-26(13-11-23)40-15-16-41-31(35)28-22(4)32-21(3)27(30(34)38-5)29(28)24-8-7-9-25(18-24)33(36)37/h7-13,18,20,27,29H,6,14-17,19H2,1-5H3. The van der Waals surface area contributed by atoms with E-state index in [4.69, 9.17) is 23.7 Å². The first-order valence-corrected chi connectivity index (χ1v) is 13.8. The van der Waals surface area contributed by atoms with Crippen molar-refractivity contribution in [2.75, 3.05) is 33.7 Å². The molecule has 226 valence electrons. The van der Waals surface area contributed by atoms with Crippen LogP contribution in [0, 0.1) is 16.0 Å². The van der Waals surface area contributed by atoms with Crippen LogP contribution < -0.4 is 4.74 Å². The molecule has 1 aliphatic rings. The molecule has 0 N–H and O–H groups in total. The van der Waals surface area contributed by atoms with Crippen LogP contribution in [0.1, 0.15) is 51.2 Å². The number of hydrogen-bond acceptors (Lipinski definition) is 10. The molecular formula is C31H38N2O9. The quantitative estimate of drug-likeness (QED) is 0.0916. The average molecular weight is 583 g/mol. The van der Waals surface area contributed by atoms with Gasteiger partial charge in [-0.3, -0.25) is 19.9 Å². The van der Waals surface area contributed by atoms with E-state index >= 15 is 0 Å². The number of nitrogens with zero attached hydrogens (tertiary/aromatic N) is 2. The lowest BCUT2D eigenvalue weighted by Gasteiger charge is -2.31. The van der Waals surface area contributed by atoms with Gasteiger partial charge in [-0.25, -0.2) is 4.79 Å². The zero-order valence-electron chi connectivity index (χ0n) is 24.7. The van der Waals surface area contributed by atoms with Crippen molar-refractivity contribution >= 4 is 23.3 Å². The highest BCUT2D eigenvalue weighted by Gasteiger charge is 2.42. The Balaban J connectivity index is 1.64. The molecule has 0 aromatic heterocycles. The zero-order valence-corrected chi connectivity index (χ0v) is 24.7. The van der Waals surface area contributed by atoms with Gasteiger partial charge in [0, 0.05) is 36.1 Å². The summed E-state index contributed by atoms with van der Waals surface area (Å²) < 4.78 is 27.3. The van der Waals surface area contributed by atoms with E-state index in [1.807, 2.05) is 38.1 Å². The monoisotopic (exact) mass is 582 g/mol. The Morgan fingerprint density at radius 2 is 1.81 bits per heavy atom. The Hall–Kier alpha value is -4.09. The Bertz CT molecular complexity index is 1300. The molecule has 1 heterocycles. The topological polar surface area (TPSA) is 136 Å². The van der Waals surface area contributed by atoms with Crippen molar-refractivity contribution in [3.8, 4) is 5.75 Å². The molecule has 0 radical (unpaired) electrons. The highest BCUT2D eigenvalue weighted by molar-refractivity contribution is 6.07. The number of hydrogen-bond donors (Lipinski definition) is 0. The molecule has 0 saturated carbocycles. The molecule has 1 aliphatic heterocycles. The van der Waals surface area contributed by atoms with Gasteiger partial charge in [-0.1, -0.05) is 31.2 Å². The molecule has 0 aliphatic carbocycles. The van der Waals surface area contributed by atoms with Gasteiger partial charge in [-0.05, 0) is 56.9 Å². The normalized spacial score (nSPS) is 17.3. The largest absolute Gasteiger partial charge is 0.490 e. The minimum atomic E-state index is -0.949. The van der Waals surface area contributed by atoms with Crippen LogP contribution in [0.5, 0.6) is 5.75 Å². The smallest absolute Gasteiger partial charge is 0.336 e. The molecule has 2 aromatic carbocycles. The maximum atomic E-state index is 13.3. The maximum Gasteiger partial charge on any atom is 0.336 e. The number of aliphatic imine (C=N–C) groups is 1. The summed E-state index contributed by atoms with van der Waals surface area (Å²) in [4.78, 5) is 41.4. The van der Waals surface area contributed by atoms with Gasteiger partial charge < -0.3 is 23.7 Å². The third-order valence-corrected chi connectivity index (χ3v) is 6.76.